The van der Waals surface area contributed by atoms with Crippen molar-refractivity contribution in [2.24, 2.45) is 5.92 Å². The maximum atomic E-state index is 12.5. The van der Waals surface area contributed by atoms with Crippen molar-refractivity contribution in [3.8, 4) is 0 Å². The predicted octanol–water partition coefficient (Wildman–Crippen LogP) is 0.283. The van der Waals surface area contributed by atoms with Crippen LogP contribution in [0.1, 0.15) is 6.42 Å². The lowest BCUT2D eigenvalue weighted by molar-refractivity contribution is -0.385. The molecule has 0 spiro atoms. The van der Waals surface area contributed by atoms with Crippen LogP contribution in [0.4, 0.5) is 5.69 Å². The van der Waals surface area contributed by atoms with Gasteiger partial charge in [0.05, 0.1) is 16.4 Å². The smallest absolute Gasteiger partial charge is 0.270 e. The Hall–Kier alpha value is -2.04. The number of nitro groups is 1. The average Bonchev–Trinajstić information content (AvgIpc) is 3.04. The first kappa shape index (κ1) is 19.3. The lowest BCUT2D eigenvalue weighted by Gasteiger charge is -2.21. The van der Waals surface area contributed by atoms with Crippen LogP contribution < -0.4 is 5.32 Å². The van der Waals surface area contributed by atoms with E-state index in [9.17, 15) is 23.3 Å². The van der Waals surface area contributed by atoms with Crippen LogP contribution in [0.3, 0.4) is 0 Å². The summed E-state index contributed by atoms with van der Waals surface area (Å²) in [4.78, 5) is 24.0. The Labute approximate surface area is 146 Å². The van der Waals surface area contributed by atoms with E-state index < -0.39 is 14.9 Å². The van der Waals surface area contributed by atoms with Crippen LogP contribution >= 0.6 is 0 Å². The number of hydrogen-bond donors (Lipinski definition) is 1. The zero-order valence-corrected chi connectivity index (χ0v) is 15.0. The van der Waals surface area contributed by atoms with Crippen molar-refractivity contribution in [3.05, 3.63) is 34.4 Å². The molecule has 138 valence electrons. The standard InChI is InChI=1S/C15H22N4O5S/c1-16-9-12-6-7-18(10-12)15(20)11-17(2)25(23,24)14-5-3-4-13(8-14)19(21)22/h3-5,8,12,16H,6-7,9-11H2,1-2H3. The van der Waals surface area contributed by atoms with Gasteiger partial charge in [0.15, 0.2) is 0 Å². The fourth-order valence-corrected chi connectivity index (χ4v) is 3.99. The molecule has 1 heterocycles. The van der Waals surface area contributed by atoms with Gasteiger partial charge in [-0.15, -0.1) is 0 Å². The highest BCUT2D eigenvalue weighted by molar-refractivity contribution is 7.89. The van der Waals surface area contributed by atoms with Crippen molar-refractivity contribution < 1.29 is 18.1 Å². The number of amides is 1. The molecule has 1 saturated heterocycles. The maximum absolute atomic E-state index is 12.5. The van der Waals surface area contributed by atoms with Gasteiger partial charge in [0.2, 0.25) is 15.9 Å². The van der Waals surface area contributed by atoms with Gasteiger partial charge in [-0.3, -0.25) is 14.9 Å². The van der Waals surface area contributed by atoms with Crippen LogP contribution in [0.25, 0.3) is 0 Å². The fourth-order valence-electron chi connectivity index (χ4n) is 2.83. The fraction of sp³-hybridized carbons (Fsp3) is 0.533. The third kappa shape index (κ3) is 4.53. The minimum absolute atomic E-state index is 0.202. The van der Waals surface area contributed by atoms with E-state index in [1.54, 1.807) is 4.90 Å². The van der Waals surface area contributed by atoms with Gasteiger partial charge in [0.25, 0.3) is 5.69 Å². The molecule has 0 radical (unpaired) electrons. The Bertz CT molecular complexity index is 752. The quantitative estimate of drug-likeness (QED) is 0.545. The van der Waals surface area contributed by atoms with E-state index in [4.69, 9.17) is 0 Å². The SMILES string of the molecule is CNCC1CCN(C(=O)CN(C)S(=O)(=O)c2cccc([N+](=O)[O-])c2)C1. The monoisotopic (exact) mass is 370 g/mol. The molecule has 1 N–H and O–H groups in total. The van der Waals surface area contributed by atoms with Gasteiger partial charge in [-0.2, -0.15) is 4.31 Å². The second-order valence-corrected chi connectivity index (χ2v) is 8.11. The number of benzene rings is 1. The van der Waals surface area contributed by atoms with E-state index in [-0.39, 0.29) is 23.0 Å². The van der Waals surface area contributed by atoms with Crippen LogP contribution in [0.2, 0.25) is 0 Å². The molecular weight excluding hydrogens is 348 g/mol. The minimum Gasteiger partial charge on any atom is -0.341 e. The van der Waals surface area contributed by atoms with E-state index in [1.165, 1.54) is 25.2 Å². The largest absolute Gasteiger partial charge is 0.341 e. The second kappa shape index (κ2) is 7.89. The molecule has 1 unspecified atom stereocenters. The average molecular weight is 370 g/mol. The molecule has 9 nitrogen and oxygen atoms in total. The first-order valence-corrected chi connectivity index (χ1v) is 9.33. The van der Waals surface area contributed by atoms with Gasteiger partial charge in [-0.1, -0.05) is 6.07 Å². The number of sulfonamides is 1. The molecule has 1 aliphatic heterocycles. The van der Waals surface area contributed by atoms with Crippen molar-refractivity contribution >= 4 is 21.6 Å². The van der Waals surface area contributed by atoms with E-state index in [0.29, 0.717) is 19.0 Å². The van der Waals surface area contributed by atoms with Crippen molar-refractivity contribution in [1.82, 2.24) is 14.5 Å². The summed E-state index contributed by atoms with van der Waals surface area (Å²) in [6, 6.07) is 4.80. The van der Waals surface area contributed by atoms with Gasteiger partial charge < -0.3 is 10.2 Å². The van der Waals surface area contributed by atoms with E-state index >= 15 is 0 Å². The highest BCUT2D eigenvalue weighted by atomic mass is 32.2. The number of hydrogen-bond acceptors (Lipinski definition) is 6. The molecule has 1 aromatic rings. The third-order valence-electron chi connectivity index (χ3n) is 4.23. The Balaban J connectivity index is 2.06. The summed E-state index contributed by atoms with van der Waals surface area (Å²) in [6.45, 7) is 1.73. The molecule has 1 aromatic carbocycles. The molecule has 0 saturated carbocycles. The van der Waals surface area contributed by atoms with Gasteiger partial charge in [0, 0.05) is 32.3 Å². The number of likely N-dealkylation sites (N-methyl/N-ethyl adjacent to an activating group) is 1. The summed E-state index contributed by atoms with van der Waals surface area (Å²) < 4.78 is 26.0. The summed E-state index contributed by atoms with van der Waals surface area (Å²) in [6.07, 6.45) is 0.883. The topological polar surface area (TPSA) is 113 Å². The van der Waals surface area contributed by atoms with Crippen LogP contribution in [-0.4, -0.2) is 68.7 Å². The number of carbonyl (C=O) groups excluding carboxylic acids is 1. The zero-order chi connectivity index (χ0) is 18.6. The number of rotatable bonds is 7. The molecule has 25 heavy (non-hydrogen) atoms. The van der Waals surface area contributed by atoms with Crippen LogP contribution in [0, 0.1) is 16.0 Å². The molecule has 10 heteroatoms. The summed E-state index contributed by atoms with van der Waals surface area (Å²) in [5.41, 5.74) is -0.310. The van der Waals surface area contributed by atoms with E-state index in [2.05, 4.69) is 5.32 Å². The maximum Gasteiger partial charge on any atom is 0.270 e. The van der Waals surface area contributed by atoms with Gasteiger partial charge in [0.1, 0.15) is 0 Å². The Morgan fingerprint density at radius 3 is 2.84 bits per heavy atom. The minimum atomic E-state index is -3.97. The van der Waals surface area contributed by atoms with Crippen molar-refractivity contribution in [2.45, 2.75) is 11.3 Å². The zero-order valence-electron chi connectivity index (χ0n) is 14.2. The number of nitrogens with zero attached hydrogens (tertiary/aromatic N) is 3. The molecular formula is C15H22N4O5S. The van der Waals surface area contributed by atoms with Crippen molar-refractivity contribution in [3.63, 3.8) is 0 Å². The summed E-state index contributed by atoms with van der Waals surface area (Å²) in [5.74, 6) is 0.0998. The first-order valence-electron chi connectivity index (χ1n) is 7.89. The Morgan fingerprint density at radius 2 is 2.20 bits per heavy atom. The second-order valence-electron chi connectivity index (χ2n) is 6.07. The van der Waals surface area contributed by atoms with E-state index in [0.717, 1.165) is 23.3 Å². The molecule has 2 rings (SSSR count). The third-order valence-corrected chi connectivity index (χ3v) is 6.03. The van der Waals surface area contributed by atoms with Crippen LogP contribution in [-0.2, 0) is 14.8 Å². The highest BCUT2D eigenvalue weighted by Gasteiger charge is 2.30. The van der Waals surface area contributed by atoms with Gasteiger partial charge in [-0.05, 0) is 32.0 Å². The summed E-state index contributed by atoms with van der Waals surface area (Å²) >= 11 is 0. The molecule has 1 aliphatic rings. The summed E-state index contributed by atoms with van der Waals surface area (Å²) in [7, 11) is -0.824. The van der Waals surface area contributed by atoms with Crippen LogP contribution in [0.15, 0.2) is 29.2 Å². The van der Waals surface area contributed by atoms with Crippen molar-refractivity contribution in [1.29, 1.82) is 0 Å². The van der Waals surface area contributed by atoms with Crippen molar-refractivity contribution in [2.75, 3.05) is 40.3 Å². The Morgan fingerprint density at radius 1 is 1.48 bits per heavy atom. The predicted molar refractivity (Wildman–Crippen MR) is 91.5 cm³/mol. The normalized spacial score (nSPS) is 17.9. The Kier molecular flexibility index (Phi) is 6.09. The molecule has 0 bridgehead atoms. The van der Waals surface area contributed by atoms with E-state index in [1.807, 2.05) is 7.05 Å². The van der Waals surface area contributed by atoms with Gasteiger partial charge in [-0.25, -0.2) is 8.42 Å². The lowest BCUT2D eigenvalue weighted by Crippen LogP contribution is -2.40. The number of likely N-dealkylation sites (tertiary alicyclic amines) is 1. The number of nitro benzene ring substituents is 1. The number of non-ortho nitro benzene ring substituents is 1. The van der Waals surface area contributed by atoms with Gasteiger partial charge >= 0.3 is 0 Å². The lowest BCUT2D eigenvalue weighted by atomic mass is 10.1. The molecule has 1 amide bonds. The number of nitrogens with one attached hydrogen (secondary N) is 1. The highest BCUT2D eigenvalue weighted by Crippen LogP contribution is 2.21. The summed E-state index contributed by atoms with van der Waals surface area (Å²) in [5, 5.41) is 13.9. The first-order chi connectivity index (χ1) is 11.8. The molecule has 1 fully saturated rings. The molecule has 0 aliphatic carbocycles. The molecule has 1 atom stereocenters. The van der Waals surface area contributed by atoms with Crippen LogP contribution in [0.5, 0.6) is 0 Å². The number of carbonyl (C=O) groups is 1. The molecule has 0 aromatic heterocycles.